The van der Waals surface area contributed by atoms with E-state index >= 15 is 0 Å². The van der Waals surface area contributed by atoms with Gasteiger partial charge in [0.15, 0.2) is 0 Å². The highest BCUT2D eigenvalue weighted by molar-refractivity contribution is 6.33. The molecule has 0 spiro atoms. The number of aromatic nitrogens is 2. The first-order chi connectivity index (χ1) is 12.5. The minimum atomic E-state index is -0.490. The van der Waals surface area contributed by atoms with Gasteiger partial charge in [-0.1, -0.05) is 35.9 Å². The summed E-state index contributed by atoms with van der Waals surface area (Å²) in [6, 6.07) is 12.7. The van der Waals surface area contributed by atoms with E-state index in [9.17, 15) is 9.18 Å². The van der Waals surface area contributed by atoms with Crippen LogP contribution in [-0.4, -0.2) is 22.0 Å². The number of amides is 1. The van der Waals surface area contributed by atoms with Crippen LogP contribution < -0.4 is 10.6 Å². The van der Waals surface area contributed by atoms with Crippen molar-refractivity contribution < 1.29 is 9.18 Å². The number of hydrogen-bond donors (Lipinski definition) is 2. The van der Waals surface area contributed by atoms with Crippen LogP contribution in [0.2, 0.25) is 5.02 Å². The summed E-state index contributed by atoms with van der Waals surface area (Å²) in [5, 5.41) is 6.48. The summed E-state index contributed by atoms with van der Waals surface area (Å²) in [5.41, 5.74) is 1.42. The number of hydrogen-bond acceptors (Lipinski definition) is 3. The van der Waals surface area contributed by atoms with Crippen LogP contribution in [0.25, 0.3) is 0 Å². The van der Waals surface area contributed by atoms with Gasteiger partial charge in [0.2, 0.25) is 5.91 Å². The van der Waals surface area contributed by atoms with Crippen LogP contribution in [0.1, 0.15) is 17.4 Å². The van der Waals surface area contributed by atoms with Crippen LogP contribution in [0.15, 0.2) is 60.9 Å². The number of anilines is 1. The predicted octanol–water partition coefficient (Wildman–Crippen LogP) is 3.53. The minimum absolute atomic E-state index is 0.0475. The Morgan fingerprint density at radius 1 is 1.23 bits per heavy atom. The van der Waals surface area contributed by atoms with Crippen LogP contribution in [0.4, 0.5) is 10.1 Å². The Hall–Kier alpha value is -2.86. The third-order valence-electron chi connectivity index (χ3n) is 3.94. The number of para-hydroxylation sites is 1. The van der Waals surface area contributed by atoms with E-state index in [-0.39, 0.29) is 18.3 Å². The maximum absolute atomic E-state index is 13.2. The fraction of sp³-hybridized carbons (Fsp3) is 0.158. The van der Waals surface area contributed by atoms with E-state index in [1.54, 1.807) is 36.7 Å². The van der Waals surface area contributed by atoms with Gasteiger partial charge in [0, 0.05) is 19.4 Å². The van der Waals surface area contributed by atoms with E-state index < -0.39 is 6.04 Å². The molecule has 1 atom stereocenters. The Morgan fingerprint density at radius 2 is 1.96 bits per heavy atom. The molecule has 0 aliphatic carbocycles. The van der Waals surface area contributed by atoms with Crippen LogP contribution in [0.5, 0.6) is 0 Å². The molecule has 1 aromatic heterocycles. The fourth-order valence-electron chi connectivity index (χ4n) is 2.60. The van der Waals surface area contributed by atoms with Crippen molar-refractivity contribution in [3.8, 4) is 0 Å². The van der Waals surface area contributed by atoms with Gasteiger partial charge in [-0.3, -0.25) is 4.79 Å². The number of nitrogens with zero attached hydrogens (tertiary/aromatic N) is 2. The largest absolute Gasteiger partial charge is 0.375 e. The van der Waals surface area contributed by atoms with E-state index in [0.717, 1.165) is 5.56 Å². The first-order valence-corrected chi connectivity index (χ1v) is 8.43. The Bertz CT molecular complexity index is 895. The molecule has 2 aromatic carbocycles. The monoisotopic (exact) mass is 372 g/mol. The third-order valence-corrected chi connectivity index (χ3v) is 4.27. The molecule has 0 aliphatic rings. The van der Waals surface area contributed by atoms with Gasteiger partial charge in [0.1, 0.15) is 17.7 Å². The highest BCUT2D eigenvalue weighted by Gasteiger charge is 2.20. The topological polar surface area (TPSA) is 59.0 Å². The van der Waals surface area contributed by atoms with Crippen molar-refractivity contribution in [2.45, 2.75) is 6.04 Å². The molecule has 0 bridgehead atoms. The van der Waals surface area contributed by atoms with E-state index in [1.807, 2.05) is 23.7 Å². The standard InChI is InChI=1S/C19H18ClFN4O/c1-25-11-10-22-19(25)18(13-6-8-14(21)9-7-13)24-17(26)12-23-16-5-3-2-4-15(16)20/h2-11,18,23H,12H2,1H3,(H,24,26). The van der Waals surface area contributed by atoms with Gasteiger partial charge in [-0.05, 0) is 29.8 Å². The highest BCUT2D eigenvalue weighted by atomic mass is 35.5. The van der Waals surface area contributed by atoms with Gasteiger partial charge in [0.05, 0.1) is 17.3 Å². The Labute approximate surface area is 155 Å². The molecule has 3 rings (SSSR count). The third kappa shape index (κ3) is 4.21. The van der Waals surface area contributed by atoms with Crippen molar-refractivity contribution in [1.82, 2.24) is 14.9 Å². The van der Waals surface area contributed by atoms with Gasteiger partial charge in [-0.25, -0.2) is 9.37 Å². The lowest BCUT2D eigenvalue weighted by atomic mass is 10.1. The summed E-state index contributed by atoms with van der Waals surface area (Å²) >= 11 is 6.08. The average Bonchev–Trinajstić information content (AvgIpc) is 3.05. The van der Waals surface area contributed by atoms with Gasteiger partial charge in [-0.15, -0.1) is 0 Å². The van der Waals surface area contributed by atoms with Crippen LogP contribution in [0.3, 0.4) is 0 Å². The molecule has 5 nitrogen and oxygen atoms in total. The second-order valence-electron chi connectivity index (χ2n) is 5.78. The Morgan fingerprint density at radius 3 is 2.62 bits per heavy atom. The second kappa shape index (κ2) is 8.01. The number of halogens is 2. The normalized spacial score (nSPS) is 11.8. The molecule has 1 amide bonds. The molecular weight excluding hydrogens is 355 g/mol. The lowest BCUT2D eigenvalue weighted by Crippen LogP contribution is -2.35. The van der Waals surface area contributed by atoms with Crippen molar-refractivity contribution in [2.24, 2.45) is 7.05 Å². The summed E-state index contributed by atoms with van der Waals surface area (Å²) in [6.07, 6.45) is 3.44. The summed E-state index contributed by atoms with van der Waals surface area (Å²) in [4.78, 5) is 16.8. The number of carbonyl (C=O) groups excluding carboxylic acids is 1. The first-order valence-electron chi connectivity index (χ1n) is 8.05. The van der Waals surface area contributed by atoms with Crippen molar-refractivity contribution in [3.05, 3.63) is 83.2 Å². The van der Waals surface area contributed by atoms with Gasteiger partial charge in [-0.2, -0.15) is 0 Å². The summed E-state index contributed by atoms with van der Waals surface area (Å²) in [6.45, 7) is 0.0475. The molecule has 0 radical (unpaired) electrons. The molecule has 7 heteroatoms. The Kier molecular flexibility index (Phi) is 5.53. The minimum Gasteiger partial charge on any atom is -0.375 e. The lowest BCUT2D eigenvalue weighted by molar-refractivity contribution is -0.119. The van der Waals surface area contributed by atoms with Gasteiger partial charge >= 0.3 is 0 Å². The van der Waals surface area contributed by atoms with Crippen LogP contribution in [-0.2, 0) is 11.8 Å². The summed E-state index contributed by atoms with van der Waals surface area (Å²) in [5.74, 6) is 0.0870. The number of imidazole rings is 1. The summed E-state index contributed by atoms with van der Waals surface area (Å²) in [7, 11) is 1.84. The molecular formula is C19H18ClFN4O. The molecule has 26 heavy (non-hydrogen) atoms. The zero-order chi connectivity index (χ0) is 18.5. The van der Waals surface area contributed by atoms with Crippen molar-refractivity contribution in [1.29, 1.82) is 0 Å². The molecule has 2 N–H and O–H groups in total. The Balaban J connectivity index is 1.75. The van der Waals surface area contributed by atoms with Crippen molar-refractivity contribution >= 4 is 23.2 Å². The molecule has 3 aromatic rings. The number of rotatable bonds is 6. The van der Waals surface area contributed by atoms with Crippen molar-refractivity contribution in [3.63, 3.8) is 0 Å². The predicted molar refractivity (Wildman–Crippen MR) is 99.5 cm³/mol. The highest BCUT2D eigenvalue weighted by Crippen LogP contribution is 2.22. The van der Waals surface area contributed by atoms with E-state index in [0.29, 0.717) is 16.5 Å². The molecule has 0 aliphatic heterocycles. The molecule has 1 heterocycles. The van der Waals surface area contributed by atoms with Crippen LogP contribution >= 0.6 is 11.6 Å². The van der Waals surface area contributed by atoms with E-state index in [2.05, 4.69) is 15.6 Å². The molecule has 0 saturated heterocycles. The molecule has 1 unspecified atom stereocenters. The van der Waals surface area contributed by atoms with Gasteiger partial charge in [0.25, 0.3) is 0 Å². The zero-order valence-electron chi connectivity index (χ0n) is 14.1. The average molecular weight is 373 g/mol. The number of nitrogens with one attached hydrogen (secondary N) is 2. The first kappa shape index (κ1) is 17.9. The SMILES string of the molecule is Cn1ccnc1C(NC(=O)CNc1ccccc1Cl)c1ccc(F)cc1. The maximum atomic E-state index is 13.2. The number of benzene rings is 2. The summed E-state index contributed by atoms with van der Waals surface area (Å²) < 4.78 is 15.1. The molecule has 134 valence electrons. The van der Waals surface area contributed by atoms with E-state index in [4.69, 9.17) is 11.6 Å². The number of carbonyl (C=O) groups is 1. The number of aryl methyl sites for hydroxylation is 1. The quantitative estimate of drug-likeness (QED) is 0.696. The second-order valence-corrected chi connectivity index (χ2v) is 6.19. The fourth-order valence-corrected chi connectivity index (χ4v) is 2.80. The zero-order valence-corrected chi connectivity index (χ0v) is 14.9. The molecule has 0 fully saturated rings. The lowest BCUT2D eigenvalue weighted by Gasteiger charge is -2.19. The van der Waals surface area contributed by atoms with Crippen LogP contribution in [0, 0.1) is 5.82 Å². The van der Waals surface area contributed by atoms with Crippen molar-refractivity contribution in [2.75, 3.05) is 11.9 Å². The maximum Gasteiger partial charge on any atom is 0.240 e. The van der Waals surface area contributed by atoms with Gasteiger partial charge < -0.3 is 15.2 Å². The van der Waals surface area contributed by atoms with E-state index in [1.165, 1.54) is 12.1 Å². The molecule has 0 saturated carbocycles. The smallest absolute Gasteiger partial charge is 0.240 e.